The molecule has 1 fully saturated rings. The van der Waals surface area contributed by atoms with E-state index >= 15 is 0 Å². The van der Waals surface area contributed by atoms with Crippen molar-refractivity contribution in [2.45, 2.75) is 25.7 Å². The van der Waals surface area contributed by atoms with E-state index < -0.39 is 5.41 Å². The maximum atomic E-state index is 12.3. The van der Waals surface area contributed by atoms with Crippen molar-refractivity contribution in [1.29, 1.82) is 5.26 Å². The van der Waals surface area contributed by atoms with E-state index in [0.717, 1.165) is 17.3 Å². The molecule has 6 heteroatoms. The average molecular weight is 362 g/mol. The van der Waals surface area contributed by atoms with Crippen LogP contribution in [0, 0.1) is 16.7 Å². The summed E-state index contributed by atoms with van der Waals surface area (Å²) in [5.41, 5.74) is -0.585. The van der Waals surface area contributed by atoms with E-state index in [1.54, 1.807) is 12.1 Å². The molecular formula is C13H11BrCl2N2O. The molecule has 0 aliphatic heterocycles. The molecule has 1 aliphatic rings. The monoisotopic (exact) mass is 360 g/mol. The Morgan fingerprint density at radius 3 is 2.32 bits per heavy atom. The lowest BCUT2D eigenvalue weighted by Gasteiger charge is -2.20. The van der Waals surface area contributed by atoms with Crippen LogP contribution in [0.25, 0.3) is 0 Å². The summed E-state index contributed by atoms with van der Waals surface area (Å²) in [5.74, 6) is -0.321. The van der Waals surface area contributed by atoms with Crippen molar-refractivity contribution >= 4 is 50.7 Å². The summed E-state index contributed by atoms with van der Waals surface area (Å²) in [6, 6.07) is 5.44. The minimum atomic E-state index is -0.945. The predicted molar refractivity (Wildman–Crippen MR) is 79.3 cm³/mol. The number of hydrogen-bond acceptors (Lipinski definition) is 2. The molecule has 0 unspecified atom stereocenters. The van der Waals surface area contributed by atoms with Crippen molar-refractivity contribution in [3.63, 3.8) is 0 Å². The second-order valence-electron chi connectivity index (χ2n) is 4.60. The molecule has 0 heterocycles. The Bertz CT molecular complexity index is 539. The highest BCUT2D eigenvalue weighted by molar-refractivity contribution is 9.10. The molecule has 1 aromatic rings. The van der Waals surface area contributed by atoms with Gasteiger partial charge in [-0.25, -0.2) is 0 Å². The molecule has 0 bridgehead atoms. The van der Waals surface area contributed by atoms with Crippen LogP contribution in [0.4, 0.5) is 5.69 Å². The third kappa shape index (κ3) is 2.89. The second-order valence-corrected chi connectivity index (χ2v) is 6.33. The van der Waals surface area contributed by atoms with Crippen LogP contribution < -0.4 is 5.32 Å². The zero-order valence-electron chi connectivity index (χ0n) is 9.97. The smallest absolute Gasteiger partial charge is 0.244 e. The van der Waals surface area contributed by atoms with E-state index in [9.17, 15) is 10.1 Å². The minimum absolute atomic E-state index is 0.321. The van der Waals surface area contributed by atoms with E-state index in [2.05, 4.69) is 27.3 Å². The van der Waals surface area contributed by atoms with Gasteiger partial charge in [0, 0.05) is 4.47 Å². The first-order valence-electron chi connectivity index (χ1n) is 5.86. The van der Waals surface area contributed by atoms with Crippen LogP contribution >= 0.6 is 39.1 Å². The van der Waals surface area contributed by atoms with Crippen molar-refractivity contribution in [2.75, 3.05) is 5.32 Å². The van der Waals surface area contributed by atoms with Crippen LogP contribution in [-0.4, -0.2) is 5.91 Å². The van der Waals surface area contributed by atoms with E-state index in [0.29, 0.717) is 28.6 Å². The van der Waals surface area contributed by atoms with Crippen molar-refractivity contribution in [3.05, 3.63) is 26.7 Å². The third-order valence-electron chi connectivity index (χ3n) is 3.35. The SMILES string of the molecule is N#CC1(C(=O)Nc2c(Cl)cc(Br)cc2Cl)CCCC1. The van der Waals surface area contributed by atoms with Gasteiger partial charge < -0.3 is 5.32 Å². The topological polar surface area (TPSA) is 52.9 Å². The number of anilines is 1. The Hall–Kier alpha value is -0.760. The molecule has 19 heavy (non-hydrogen) atoms. The van der Waals surface area contributed by atoms with Gasteiger partial charge in [0.25, 0.3) is 0 Å². The summed E-state index contributed by atoms with van der Waals surface area (Å²) in [4.78, 5) is 12.3. The molecule has 100 valence electrons. The fourth-order valence-electron chi connectivity index (χ4n) is 2.26. The van der Waals surface area contributed by atoms with Gasteiger partial charge >= 0.3 is 0 Å². The van der Waals surface area contributed by atoms with Gasteiger partial charge in [-0.05, 0) is 25.0 Å². The summed E-state index contributed by atoms with van der Waals surface area (Å²) in [7, 11) is 0. The molecular weight excluding hydrogens is 351 g/mol. The van der Waals surface area contributed by atoms with Gasteiger partial charge in [-0.3, -0.25) is 4.79 Å². The maximum Gasteiger partial charge on any atom is 0.244 e. The Morgan fingerprint density at radius 1 is 1.32 bits per heavy atom. The molecule has 2 rings (SSSR count). The lowest BCUT2D eigenvalue weighted by Crippen LogP contribution is -2.32. The van der Waals surface area contributed by atoms with Crippen LogP contribution in [0.1, 0.15) is 25.7 Å². The van der Waals surface area contributed by atoms with Crippen molar-refractivity contribution in [3.8, 4) is 6.07 Å². The minimum Gasteiger partial charge on any atom is -0.322 e. The maximum absolute atomic E-state index is 12.3. The molecule has 1 N–H and O–H groups in total. The summed E-state index contributed by atoms with van der Waals surface area (Å²) in [5, 5.41) is 12.6. The van der Waals surface area contributed by atoms with Crippen molar-refractivity contribution < 1.29 is 4.79 Å². The average Bonchev–Trinajstić information content (AvgIpc) is 2.83. The Morgan fingerprint density at radius 2 is 1.84 bits per heavy atom. The molecule has 1 saturated carbocycles. The van der Waals surface area contributed by atoms with Crippen molar-refractivity contribution in [2.24, 2.45) is 5.41 Å². The Kier molecular flexibility index (Phi) is 4.39. The summed E-state index contributed by atoms with van der Waals surface area (Å²) < 4.78 is 0.733. The second kappa shape index (κ2) is 5.70. The number of carbonyl (C=O) groups is 1. The van der Waals surface area contributed by atoms with E-state index in [4.69, 9.17) is 23.2 Å². The number of nitrogens with zero attached hydrogens (tertiary/aromatic N) is 1. The lowest BCUT2D eigenvalue weighted by molar-refractivity contribution is -0.122. The van der Waals surface area contributed by atoms with Crippen LogP contribution in [0.15, 0.2) is 16.6 Å². The lowest BCUT2D eigenvalue weighted by atomic mass is 9.87. The predicted octanol–water partition coefficient (Wildman–Crippen LogP) is 4.78. The fraction of sp³-hybridized carbons (Fsp3) is 0.385. The molecule has 1 aromatic carbocycles. The van der Waals surface area contributed by atoms with Gasteiger partial charge in [-0.15, -0.1) is 0 Å². The third-order valence-corrected chi connectivity index (χ3v) is 4.41. The first kappa shape index (κ1) is 14.6. The fourth-order valence-corrected chi connectivity index (χ4v) is 3.57. The van der Waals surface area contributed by atoms with Gasteiger partial charge in [0.1, 0.15) is 5.41 Å². The molecule has 1 aliphatic carbocycles. The molecule has 0 atom stereocenters. The van der Waals surface area contributed by atoms with Crippen LogP contribution in [0.3, 0.4) is 0 Å². The number of hydrogen-bond donors (Lipinski definition) is 1. The first-order valence-corrected chi connectivity index (χ1v) is 7.41. The molecule has 0 aromatic heterocycles. The van der Waals surface area contributed by atoms with E-state index in [-0.39, 0.29) is 5.91 Å². The summed E-state index contributed by atoms with van der Waals surface area (Å²) in [6.45, 7) is 0. The highest BCUT2D eigenvalue weighted by atomic mass is 79.9. The number of nitrogens with one attached hydrogen (secondary N) is 1. The summed E-state index contributed by atoms with van der Waals surface area (Å²) >= 11 is 15.4. The number of halogens is 3. The largest absolute Gasteiger partial charge is 0.322 e. The van der Waals surface area contributed by atoms with Gasteiger partial charge in [0.15, 0.2) is 0 Å². The quantitative estimate of drug-likeness (QED) is 0.824. The molecule has 0 spiro atoms. The zero-order valence-corrected chi connectivity index (χ0v) is 13.1. The Labute approximate surface area is 130 Å². The molecule has 0 radical (unpaired) electrons. The number of nitriles is 1. The molecule has 3 nitrogen and oxygen atoms in total. The van der Waals surface area contributed by atoms with Crippen LogP contribution in [0.5, 0.6) is 0 Å². The molecule has 0 saturated heterocycles. The first-order chi connectivity index (χ1) is 8.98. The van der Waals surface area contributed by atoms with E-state index in [1.807, 2.05) is 0 Å². The van der Waals surface area contributed by atoms with Gasteiger partial charge in [-0.2, -0.15) is 5.26 Å². The molecule has 1 amide bonds. The van der Waals surface area contributed by atoms with Crippen LogP contribution in [-0.2, 0) is 4.79 Å². The zero-order chi connectivity index (χ0) is 14.0. The van der Waals surface area contributed by atoms with Crippen LogP contribution in [0.2, 0.25) is 10.0 Å². The standard InChI is InChI=1S/C13H11BrCl2N2O/c14-8-5-9(15)11(10(16)6-8)18-12(19)13(7-17)3-1-2-4-13/h5-6H,1-4H2,(H,18,19). The normalized spacial score (nSPS) is 16.9. The highest BCUT2D eigenvalue weighted by Crippen LogP contribution is 2.40. The van der Waals surface area contributed by atoms with Gasteiger partial charge in [-0.1, -0.05) is 52.0 Å². The summed E-state index contributed by atoms with van der Waals surface area (Å²) in [6.07, 6.45) is 2.95. The van der Waals surface area contributed by atoms with E-state index in [1.165, 1.54) is 0 Å². The van der Waals surface area contributed by atoms with Gasteiger partial charge in [0.05, 0.1) is 21.8 Å². The van der Waals surface area contributed by atoms with Gasteiger partial charge in [0.2, 0.25) is 5.91 Å². The number of carbonyl (C=O) groups excluding carboxylic acids is 1. The van der Waals surface area contributed by atoms with Crippen molar-refractivity contribution in [1.82, 2.24) is 0 Å². The number of benzene rings is 1. The Balaban J connectivity index is 2.27. The number of rotatable bonds is 2. The highest BCUT2D eigenvalue weighted by Gasteiger charge is 2.41. The number of amides is 1.